The van der Waals surface area contributed by atoms with Gasteiger partial charge in [0, 0.05) is 25.2 Å². The maximum atomic E-state index is 12.4. The van der Waals surface area contributed by atoms with Crippen molar-refractivity contribution in [2.45, 2.75) is 9.79 Å². The van der Waals surface area contributed by atoms with E-state index in [1.54, 1.807) is 0 Å². The highest BCUT2D eigenvalue weighted by molar-refractivity contribution is 7.86. The number of rotatable bonds is 7. The Morgan fingerprint density at radius 2 is 1.56 bits per heavy atom. The lowest BCUT2D eigenvalue weighted by Gasteiger charge is -2.22. The first-order valence-electron chi connectivity index (χ1n) is 8.32. The van der Waals surface area contributed by atoms with Crippen LogP contribution in [0.4, 0.5) is 11.4 Å². The summed E-state index contributed by atoms with van der Waals surface area (Å²) in [5.74, 6) is -0.950. The highest BCUT2D eigenvalue weighted by Gasteiger charge is 2.26. The van der Waals surface area contributed by atoms with Gasteiger partial charge >= 0.3 is 11.3 Å². The minimum atomic E-state index is -4.89. The van der Waals surface area contributed by atoms with Crippen LogP contribution >= 0.6 is 0 Å². The first-order chi connectivity index (χ1) is 14.9. The Bertz CT molecular complexity index is 1270. The average Bonchev–Trinajstić information content (AvgIpc) is 2.69. The highest BCUT2D eigenvalue weighted by atomic mass is 32.2. The van der Waals surface area contributed by atoms with E-state index in [1.165, 1.54) is 7.05 Å². The molecule has 4 N–H and O–H groups in total. The second-order valence-corrected chi connectivity index (χ2v) is 9.64. The molecular formula is C15H15N3O11S3. The molecule has 1 aliphatic rings. The third-order valence-corrected chi connectivity index (χ3v) is 6.17. The van der Waals surface area contributed by atoms with Gasteiger partial charge in [-0.25, -0.2) is 0 Å². The summed E-state index contributed by atoms with van der Waals surface area (Å²) in [6.07, 6.45) is 0. The smallest absolute Gasteiger partial charge is 0.316 e. The Labute approximate surface area is 184 Å². The van der Waals surface area contributed by atoms with Crippen LogP contribution in [-0.4, -0.2) is 55.5 Å². The zero-order valence-corrected chi connectivity index (χ0v) is 18.4. The molecule has 17 heteroatoms. The SMILES string of the molecule is CN=Nc1c(O)cc(NS(=O)Oc2cc(S(=O)(=O)O)cc(S(=O)(=O)O)c2)c2c1OCCO2. The lowest BCUT2D eigenvalue weighted by atomic mass is 10.2. The van der Waals surface area contributed by atoms with Gasteiger partial charge in [0.15, 0.2) is 17.2 Å². The molecule has 1 atom stereocenters. The number of ether oxygens (including phenoxy) is 2. The Morgan fingerprint density at radius 3 is 2.09 bits per heavy atom. The third-order valence-electron chi connectivity index (χ3n) is 3.78. The standard InChI is InChI=1S/C15H15N3O11S3/c1-16-17-13-12(19)7-11(14-15(13)28-3-2-27-14)18-30(20)29-8-4-9(31(21,22)23)6-10(5-8)32(24,25)26/h4-7,18-19H,2-3H2,1H3,(H,21,22,23)(H,24,25,26). The largest absolute Gasteiger partial charge is 0.505 e. The van der Waals surface area contributed by atoms with Crippen molar-refractivity contribution in [1.82, 2.24) is 0 Å². The fourth-order valence-electron chi connectivity index (χ4n) is 2.54. The third kappa shape index (κ3) is 5.25. The van der Waals surface area contributed by atoms with Crippen molar-refractivity contribution in [2.75, 3.05) is 25.0 Å². The predicted molar refractivity (Wildman–Crippen MR) is 108 cm³/mol. The zero-order chi connectivity index (χ0) is 23.7. The molecule has 174 valence electrons. The molecule has 1 aliphatic heterocycles. The minimum absolute atomic E-state index is 0.0170. The number of nitrogens with one attached hydrogen (secondary N) is 1. The summed E-state index contributed by atoms with van der Waals surface area (Å²) in [5, 5.41) is 17.5. The summed E-state index contributed by atoms with van der Waals surface area (Å²) < 4.78 is 94.5. The van der Waals surface area contributed by atoms with Crippen molar-refractivity contribution < 1.29 is 48.9 Å². The van der Waals surface area contributed by atoms with E-state index in [0.717, 1.165) is 6.07 Å². The lowest BCUT2D eigenvalue weighted by molar-refractivity contribution is 0.173. The van der Waals surface area contributed by atoms with E-state index in [4.69, 9.17) is 13.7 Å². The molecule has 0 bridgehead atoms. The lowest BCUT2D eigenvalue weighted by Crippen LogP contribution is -2.18. The molecule has 0 saturated carbocycles. The first-order valence-corrected chi connectivity index (χ1v) is 12.3. The molecule has 0 aromatic heterocycles. The molecule has 3 rings (SSSR count). The number of benzene rings is 2. The van der Waals surface area contributed by atoms with Crippen LogP contribution in [0.15, 0.2) is 44.3 Å². The van der Waals surface area contributed by atoms with E-state index in [2.05, 4.69) is 15.0 Å². The van der Waals surface area contributed by atoms with Crippen LogP contribution in [0.5, 0.6) is 23.0 Å². The molecule has 0 spiro atoms. The van der Waals surface area contributed by atoms with Gasteiger partial charge in [-0.3, -0.25) is 13.8 Å². The van der Waals surface area contributed by atoms with Crippen LogP contribution in [0.1, 0.15) is 0 Å². The van der Waals surface area contributed by atoms with Crippen LogP contribution in [0, 0.1) is 0 Å². The quantitative estimate of drug-likeness (QED) is 0.310. The molecule has 1 heterocycles. The predicted octanol–water partition coefficient (Wildman–Crippen LogP) is 1.44. The van der Waals surface area contributed by atoms with Crippen molar-refractivity contribution in [1.29, 1.82) is 0 Å². The van der Waals surface area contributed by atoms with Crippen LogP contribution in [-0.2, 0) is 31.5 Å². The summed E-state index contributed by atoms with van der Waals surface area (Å²) in [7, 11) is -8.42. The van der Waals surface area contributed by atoms with Gasteiger partial charge in [-0.05, 0) is 6.07 Å². The summed E-state index contributed by atoms with van der Waals surface area (Å²) in [6.45, 7) is 0.263. The molecule has 0 radical (unpaired) electrons. The molecule has 0 aliphatic carbocycles. The van der Waals surface area contributed by atoms with Crippen LogP contribution < -0.4 is 18.4 Å². The molecule has 2 aromatic carbocycles. The van der Waals surface area contributed by atoms with Crippen molar-refractivity contribution >= 4 is 42.9 Å². The van der Waals surface area contributed by atoms with Crippen molar-refractivity contribution in [3.63, 3.8) is 0 Å². The number of nitrogens with zero attached hydrogens (tertiary/aromatic N) is 2. The van der Waals surface area contributed by atoms with Gasteiger partial charge < -0.3 is 18.8 Å². The number of azo groups is 1. The number of hydrogen-bond acceptors (Lipinski definition) is 11. The molecule has 0 saturated heterocycles. The highest BCUT2D eigenvalue weighted by Crippen LogP contribution is 2.50. The van der Waals surface area contributed by atoms with E-state index in [1.807, 2.05) is 0 Å². The second kappa shape index (κ2) is 8.87. The number of hydrogen-bond donors (Lipinski definition) is 4. The zero-order valence-electron chi connectivity index (χ0n) is 16.0. The molecule has 14 nitrogen and oxygen atoms in total. The first kappa shape index (κ1) is 23.7. The molecule has 1 unspecified atom stereocenters. The van der Waals surface area contributed by atoms with Gasteiger partial charge in [0.2, 0.25) is 0 Å². The molecular weight excluding hydrogens is 494 g/mol. The molecule has 0 fully saturated rings. The average molecular weight is 509 g/mol. The number of phenols is 1. The summed E-state index contributed by atoms with van der Waals surface area (Å²) in [4.78, 5) is -1.86. The number of anilines is 1. The Balaban J connectivity index is 1.95. The molecule has 0 amide bonds. The van der Waals surface area contributed by atoms with E-state index in [0.29, 0.717) is 18.2 Å². The van der Waals surface area contributed by atoms with Crippen LogP contribution in [0.25, 0.3) is 0 Å². The van der Waals surface area contributed by atoms with E-state index < -0.39 is 52.8 Å². The van der Waals surface area contributed by atoms with Gasteiger partial charge in [0.05, 0.1) is 15.5 Å². The van der Waals surface area contributed by atoms with Crippen molar-refractivity contribution in [2.24, 2.45) is 10.2 Å². The Kier molecular flexibility index (Phi) is 6.56. The fraction of sp³-hybridized carbons (Fsp3) is 0.200. The number of aromatic hydroxyl groups is 1. The van der Waals surface area contributed by atoms with Crippen LogP contribution in [0.2, 0.25) is 0 Å². The van der Waals surface area contributed by atoms with E-state index >= 15 is 0 Å². The van der Waals surface area contributed by atoms with Gasteiger partial charge in [-0.1, -0.05) is 0 Å². The molecule has 2 aromatic rings. The fourth-order valence-corrected chi connectivity index (χ4v) is 4.34. The van der Waals surface area contributed by atoms with Gasteiger partial charge in [0.25, 0.3) is 20.2 Å². The van der Waals surface area contributed by atoms with Gasteiger partial charge in [0.1, 0.15) is 24.7 Å². The van der Waals surface area contributed by atoms with Crippen molar-refractivity contribution in [3.05, 3.63) is 24.3 Å². The minimum Gasteiger partial charge on any atom is -0.505 e. The van der Waals surface area contributed by atoms with Gasteiger partial charge in [-0.2, -0.15) is 26.2 Å². The summed E-state index contributed by atoms with van der Waals surface area (Å²) in [5.41, 5.74) is -0.0929. The summed E-state index contributed by atoms with van der Waals surface area (Å²) in [6, 6.07) is 2.94. The number of fused-ring (bicyclic) bond motifs is 1. The topological polar surface area (TPSA) is 210 Å². The monoisotopic (exact) mass is 509 g/mol. The maximum Gasteiger partial charge on any atom is 0.316 e. The second-order valence-electron chi connectivity index (χ2n) is 5.96. The Morgan fingerprint density at radius 1 is 1.00 bits per heavy atom. The Hall–Kier alpha value is -2.99. The number of phenolic OH excluding ortho intramolecular Hbond substituents is 1. The maximum absolute atomic E-state index is 12.4. The normalized spacial score (nSPS) is 14.8. The van der Waals surface area contributed by atoms with E-state index in [-0.39, 0.29) is 36.1 Å². The van der Waals surface area contributed by atoms with Gasteiger partial charge in [-0.15, -0.1) is 5.11 Å². The van der Waals surface area contributed by atoms with E-state index in [9.17, 15) is 35.3 Å². The van der Waals surface area contributed by atoms with Crippen molar-refractivity contribution in [3.8, 4) is 23.0 Å². The molecule has 32 heavy (non-hydrogen) atoms. The summed E-state index contributed by atoms with van der Waals surface area (Å²) >= 11 is -2.51. The van der Waals surface area contributed by atoms with Crippen LogP contribution in [0.3, 0.4) is 0 Å².